The first kappa shape index (κ1) is 14.9. The number of ether oxygens (including phenoxy) is 1. The van der Waals surface area contributed by atoms with Gasteiger partial charge in [-0.3, -0.25) is 0 Å². The smallest absolute Gasteiger partial charge is 0.124 e. The van der Waals surface area contributed by atoms with E-state index in [1.165, 1.54) is 5.56 Å². The molecule has 0 atom stereocenters. The molecule has 0 spiro atoms. The van der Waals surface area contributed by atoms with Crippen molar-refractivity contribution in [2.24, 2.45) is 0 Å². The number of rotatable bonds is 4. The van der Waals surface area contributed by atoms with Crippen LogP contribution in [0.2, 0.25) is 0 Å². The summed E-state index contributed by atoms with van der Waals surface area (Å²) in [6.45, 7) is 0. The van der Waals surface area contributed by atoms with Gasteiger partial charge in [0.1, 0.15) is 10.8 Å². The number of aromatic nitrogens is 1. The third-order valence-corrected chi connectivity index (χ3v) is 5.04. The van der Waals surface area contributed by atoms with Gasteiger partial charge in [0.25, 0.3) is 0 Å². The van der Waals surface area contributed by atoms with Gasteiger partial charge < -0.3 is 4.74 Å². The summed E-state index contributed by atoms with van der Waals surface area (Å²) in [5.74, 6) is 0.912. The van der Waals surface area contributed by atoms with Crippen molar-refractivity contribution in [3.05, 3.63) is 83.9 Å². The zero-order chi connectivity index (χ0) is 16.4. The normalized spacial score (nSPS) is 10.9. The number of hydrogen-bond acceptors (Lipinski definition) is 3. The Morgan fingerprint density at radius 3 is 2.71 bits per heavy atom. The lowest BCUT2D eigenvalue weighted by molar-refractivity contribution is 0.411. The van der Waals surface area contributed by atoms with Crippen LogP contribution in [0.3, 0.4) is 0 Å². The first-order valence-electron chi connectivity index (χ1n) is 7.81. The monoisotopic (exact) mass is 330 g/mol. The Hall–Kier alpha value is -2.65. The van der Waals surface area contributed by atoms with Gasteiger partial charge in [0.2, 0.25) is 0 Å². The molecule has 0 saturated carbocycles. The van der Waals surface area contributed by atoms with E-state index >= 15 is 0 Å². The Morgan fingerprint density at radius 2 is 1.96 bits per heavy atom. The van der Waals surface area contributed by atoms with E-state index in [0.717, 1.165) is 38.5 Å². The summed E-state index contributed by atoms with van der Waals surface area (Å²) in [6, 6.07) is 25.7. The molecule has 1 aromatic heterocycles. The maximum absolute atomic E-state index is 5.61. The standard InChI is InChI=1S/C21H16NOS/c1-23-19-14-20-18(13-17(19)12-15-8-4-2-5-9-15)22-21(24-20)16-10-6-3-7-11-16/h2-4,6-11,13-14H,12H2,1H3. The molecule has 0 N–H and O–H groups in total. The summed E-state index contributed by atoms with van der Waals surface area (Å²) in [7, 11) is 1.72. The average Bonchev–Trinajstić information content (AvgIpc) is 3.05. The molecule has 0 fully saturated rings. The van der Waals surface area contributed by atoms with E-state index in [2.05, 4.69) is 36.4 Å². The maximum Gasteiger partial charge on any atom is 0.124 e. The molecule has 3 aromatic carbocycles. The average molecular weight is 330 g/mol. The number of nitrogens with zero attached hydrogens (tertiary/aromatic N) is 1. The minimum Gasteiger partial charge on any atom is -0.496 e. The molecule has 0 amide bonds. The largest absolute Gasteiger partial charge is 0.496 e. The van der Waals surface area contributed by atoms with Crippen molar-refractivity contribution in [1.82, 2.24) is 4.98 Å². The summed E-state index contributed by atoms with van der Waals surface area (Å²) < 4.78 is 6.76. The molecule has 0 aliphatic carbocycles. The first-order valence-corrected chi connectivity index (χ1v) is 8.63. The summed E-state index contributed by atoms with van der Waals surface area (Å²) >= 11 is 1.70. The fourth-order valence-corrected chi connectivity index (χ4v) is 3.77. The SMILES string of the molecule is COc1cc2sc(-c3ccccc3)nc2cc1Cc1c[c]ccc1. The van der Waals surface area contributed by atoms with Crippen LogP contribution in [-0.4, -0.2) is 12.1 Å². The zero-order valence-electron chi connectivity index (χ0n) is 13.3. The lowest BCUT2D eigenvalue weighted by atomic mass is 10.0. The fraction of sp³-hybridized carbons (Fsp3) is 0.0952. The van der Waals surface area contributed by atoms with E-state index < -0.39 is 0 Å². The van der Waals surface area contributed by atoms with Crippen molar-refractivity contribution in [2.45, 2.75) is 6.42 Å². The summed E-state index contributed by atoms with van der Waals surface area (Å²) in [5.41, 5.74) is 4.54. The molecule has 0 saturated heterocycles. The highest BCUT2D eigenvalue weighted by molar-refractivity contribution is 7.21. The van der Waals surface area contributed by atoms with Crippen LogP contribution in [0.15, 0.2) is 66.7 Å². The van der Waals surface area contributed by atoms with Gasteiger partial charge in [0, 0.05) is 17.5 Å². The molecule has 2 nitrogen and oxygen atoms in total. The molecular weight excluding hydrogens is 314 g/mol. The summed E-state index contributed by atoms with van der Waals surface area (Å²) in [6.07, 6.45) is 0.814. The molecule has 0 aliphatic heterocycles. The second-order valence-electron chi connectivity index (χ2n) is 5.61. The van der Waals surface area contributed by atoms with E-state index in [4.69, 9.17) is 9.72 Å². The van der Waals surface area contributed by atoms with Crippen LogP contribution < -0.4 is 4.74 Å². The zero-order valence-corrected chi connectivity index (χ0v) is 14.1. The molecule has 0 bridgehead atoms. The van der Waals surface area contributed by atoms with E-state index in [9.17, 15) is 0 Å². The molecule has 0 unspecified atom stereocenters. The molecule has 4 rings (SSSR count). The summed E-state index contributed by atoms with van der Waals surface area (Å²) in [4.78, 5) is 4.82. The molecule has 4 aromatic rings. The predicted octanol–water partition coefficient (Wildman–Crippen LogP) is 5.36. The highest BCUT2D eigenvalue weighted by Crippen LogP contribution is 2.35. The van der Waals surface area contributed by atoms with Crippen LogP contribution in [0, 0.1) is 6.07 Å². The van der Waals surface area contributed by atoms with Gasteiger partial charge in [-0.05, 0) is 23.8 Å². The third kappa shape index (κ3) is 2.91. The minimum atomic E-state index is 0.814. The van der Waals surface area contributed by atoms with Crippen LogP contribution in [-0.2, 0) is 6.42 Å². The first-order chi connectivity index (χ1) is 11.8. The molecule has 24 heavy (non-hydrogen) atoms. The number of fused-ring (bicyclic) bond motifs is 1. The van der Waals surface area contributed by atoms with Gasteiger partial charge in [-0.2, -0.15) is 0 Å². The molecule has 0 aliphatic rings. The quantitative estimate of drug-likeness (QED) is 0.502. The molecule has 1 radical (unpaired) electrons. The van der Waals surface area contributed by atoms with Gasteiger partial charge in [0.05, 0.1) is 17.3 Å². The van der Waals surface area contributed by atoms with Crippen molar-refractivity contribution in [1.29, 1.82) is 0 Å². The minimum absolute atomic E-state index is 0.814. The van der Waals surface area contributed by atoms with Crippen molar-refractivity contribution in [3.63, 3.8) is 0 Å². The van der Waals surface area contributed by atoms with Gasteiger partial charge in [-0.1, -0.05) is 54.6 Å². The van der Waals surface area contributed by atoms with E-state index in [0.29, 0.717) is 0 Å². The second-order valence-corrected chi connectivity index (χ2v) is 6.64. The van der Waals surface area contributed by atoms with E-state index in [1.54, 1.807) is 18.4 Å². The maximum atomic E-state index is 5.61. The van der Waals surface area contributed by atoms with Crippen LogP contribution >= 0.6 is 11.3 Å². The molecule has 117 valence electrons. The van der Waals surface area contributed by atoms with Gasteiger partial charge in [0.15, 0.2) is 0 Å². The Morgan fingerprint density at radius 1 is 1.08 bits per heavy atom. The van der Waals surface area contributed by atoms with Crippen LogP contribution in [0.25, 0.3) is 20.8 Å². The van der Waals surface area contributed by atoms with Gasteiger partial charge in [-0.25, -0.2) is 4.98 Å². The van der Waals surface area contributed by atoms with Crippen LogP contribution in [0.4, 0.5) is 0 Å². The lowest BCUT2D eigenvalue weighted by Gasteiger charge is -2.08. The molecule has 3 heteroatoms. The number of methoxy groups -OCH3 is 1. The molecular formula is C21H16NOS. The summed E-state index contributed by atoms with van der Waals surface area (Å²) in [5, 5.41) is 1.04. The van der Waals surface area contributed by atoms with Crippen LogP contribution in [0.5, 0.6) is 5.75 Å². The Balaban J connectivity index is 1.77. The van der Waals surface area contributed by atoms with E-state index in [1.807, 2.05) is 36.4 Å². The predicted molar refractivity (Wildman–Crippen MR) is 99.7 cm³/mol. The van der Waals surface area contributed by atoms with Gasteiger partial charge in [-0.15, -0.1) is 11.3 Å². The Labute approximate surface area is 145 Å². The lowest BCUT2D eigenvalue weighted by Crippen LogP contribution is -1.94. The van der Waals surface area contributed by atoms with Crippen LogP contribution in [0.1, 0.15) is 11.1 Å². The van der Waals surface area contributed by atoms with Crippen molar-refractivity contribution in [2.75, 3.05) is 7.11 Å². The Kier molecular flexibility index (Phi) is 4.01. The molecule has 1 heterocycles. The number of thiazole rings is 1. The third-order valence-electron chi connectivity index (χ3n) is 3.98. The van der Waals surface area contributed by atoms with Crippen molar-refractivity contribution in [3.8, 4) is 16.3 Å². The topological polar surface area (TPSA) is 22.1 Å². The van der Waals surface area contributed by atoms with Crippen molar-refractivity contribution >= 4 is 21.6 Å². The number of benzene rings is 3. The second kappa shape index (κ2) is 6.46. The fourth-order valence-electron chi connectivity index (χ4n) is 2.79. The van der Waals surface area contributed by atoms with Crippen molar-refractivity contribution < 1.29 is 4.74 Å². The number of hydrogen-bond donors (Lipinski definition) is 0. The Bertz CT molecular complexity index is 961. The van der Waals surface area contributed by atoms with E-state index in [-0.39, 0.29) is 0 Å². The highest BCUT2D eigenvalue weighted by atomic mass is 32.1. The van der Waals surface area contributed by atoms with Gasteiger partial charge >= 0.3 is 0 Å². The highest BCUT2D eigenvalue weighted by Gasteiger charge is 2.11.